The summed E-state index contributed by atoms with van der Waals surface area (Å²) in [4.78, 5) is 22.8. The van der Waals surface area contributed by atoms with Crippen LogP contribution in [0.1, 0.15) is 19.8 Å². The molecule has 1 aromatic heterocycles. The molecule has 0 radical (unpaired) electrons. The quantitative estimate of drug-likeness (QED) is 0.638. The highest BCUT2D eigenvalue weighted by Crippen LogP contribution is 1.95. The van der Waals surface area contributed by atoms with Gasteiger partial charge in [0.15, 0.2) is 0 Å². The molecular formula is C10H14IN3O2. The Morgan fingerprint density at radius 1 is 1.62 bits per heavy atom. The van der Waals surface area contributed by atoms with Crippen molar-refractivity contribution in [2.45, 2.75) is 26.3 Å². The maximum Gasteiger partial charge on any atom is 0.268 e. The summed E-state index contributed by atoms with van der Waals surface area (Å²) in [6.45, 7) is 2.69. The van der Waals surface area contributed by atoms with Crippen LogP contribution in [0.5, 0.6) is 0 Å². The lowest BCUT2D eigenvalue weighted by atomic mass is 10.3. The molecule has 0 saturated carbocycles. The van der Waals surface area contributed by atoms with Gasteiger partial charge < -0.3 is 5.32 Å². The summed E-state index contributed by atoms with van der Waals surface area (Å²) in [5, 5.41) is 6.62. The number of unbranched alkanes of at least 4 members (excludes halogenated alkanes) is 1. The Bertz CT molecular complexity index is 417. The van der Waals surface area contributed by atoms with Crippen molar-refractivity contribution in [2.24, 2.45) is 0 Å². The van der Waals surface area contributed by atoms with Gasteiger partial charge in [0.2, 0.25) is 5.91 Å². The molecule has 0 unspecified atom stereocenters. The predicted molar refractivity (Wildman–Crippen MR) is 69.1 cm³/mol. The normalized spacial score (nSPS) is 10.1. The standard InChI is InChI=1S/C10H14IN3O2/c1-2-3-4-12-9(15)7-14-10(16)5-8(11)6-13-14/h5-6H,2-4,7H2,1H3,(H,12,15). The summed E-state index contributed by atoms with van der Waals surface area (Å²) in [7, 11) is 0. The summed E-state index contributed by atoms with van der Waals surface area (Å²) in [6, 6.07) is 1.45. The minimum atomic E-state index is -0.252. The van der Waals surface area contributed by atoms with Crippen LogP contribution in [0.25, 0.3) is 0 Å². The topological polar surface area (TPSA) is 64.0 Å². The number of rotatable bonds is 5. The Morgan fingerprint density at radius 3 is 3.00 bits per heavy atom. The Hall–Kier alpha value is -0.920. The van der Waals surface area contributed by atoms with Crippen LogP contribution in [0.3, 0.4) is 0 Å². The molecule has 1 N–H and O–H groups in total. The first kappa shape index (κ1) is 13.1. The lowest BCUT2D eigenvalue weighted by Gasteiger charge is -2.05. The van der Waals surface area contributed by atoms with Gasteiger partial charge in [-0.1, -0.05) is 13.3 Å². The van der Waals surface area contributed by atoms with Crippen LogP contribution in [0, 0.1) is 3.57 Å². The van der Waals surface area contributed by atoms with E-state index in [9.17, 15) is 9.59 Å². The minimum Gasteiger partial charge on any atom is -0.354 e. The number of carbonyl (C=O) groups is 1. The van der Waals surface area contributed by atoms with Gasteiger partial charge in [-0.15, -0.1) is 0 Å². The van der Waals surface area contributed by atoms with Gasteiger partial charge in [-0.2, -0.15) is 5.10 Å². The summed E-state index contributed by atoms with van der Waals surface area (Å²) in [6.07, 6.45) is 3.53. The molecule has 16 heavy (non-hydrogen) atoms. The molecule has 1 amide bonds. The molecule has 0 fully saturated rings. The third-order valence-corrected chi connectivity index (χ3v) is 2.57. The highest BCUT2D eigenvalue weighted by molar-refractivity contribution is 14.1. The van der Waals surface area contributed by atoms with Crippen LogP contribution in [0.2, 0.25) is 0 Å². The fraction of sp³-hybridized carbons (Fsp3) is 0.500. The van der Waals surface area contributed by atoms with Crippen molar-refractivity contribution in [2.75, 3.05) is 6.54 Å². The second-order valence-corrected chi connectivity index (χ2v) is 4.62. The number of hydrogen-bond acceptors (Lipinski definition) is 3. The van der Waals surface area contributed by atoms with Crippen molar-refractivity contribution in [3.05, 3.63) is 26.2 Å². The minimum absolute atomic E-state index is 0.0144. The lowest BCUT2D eigenvalue weighted by Crippen LogP contribution is -2.33. The zero-order valence-electron chi connectivity index (χ0n) is 9.07. The number of amides is 1. The van der Waals surface area contributed by atoms with E-state index in [2.05, 4.69) is 17.3 Å². The zero-order valence-corrected chi connectivity index (χ0v) is 11.2. The number of aromatic nitrogens is 2. The van der Waals surface area contributed by atoms with Crippen LogP contribution in [0.4, 0.5) is 0 Å². The molecule has 1 heterocycles. The van der Waals surface area contributed by atoms with Gasteiger partial charge in [0.05, 0.1) is 6.20 Å². The molecule has 0 atom stereocenters. The van der Waals surface area contributed by atoms with Crippen molar-refractivity contribution in [1.29, 1.82) is 0 Å². The summed E-state index contributed by atoms with van der Waals surface area (Å²) in [5.74, 6) is -0.177. The second-order valence-electron chi connectivity index (χ2n) is 3.37. The molecule has 0 aliphatic carbocycles. The largest absolute Gasteiger partial charge is 0.354 e. The third kappa shape index (κ3) is 4.30. The molecule has 1 aromatic rings. The smallest absolute Gasteiger partial charge is 0.268 e. The average molecular weight is 335 g/mol. The maximum absolute atomic E-state index is 11.4. The van der Waals surface area contributed by atoms with Crippen LogP contribution in [-0.4, -0.2) is 22.2 Å². The number of nitrogens with one attached hydrogen (secondary N) is 1. The van der Waals surface area contributed by atoms with Crippen molar-refractivity contribution in [3.63, 3.8) is 0 Å². The van der Waals surface area contributed by atoms with Gasteiger partial charge in [-0.25, -0.2) is 4.68 Å². The zero-order chi connectivity index (χ0) is 12.0. The molecule has 0 aromatic carbocycles. The Morgan fingerprint density at radius 2 is 2.38 bits per heavy atom. The van der Waals surface area contributed by atoms with E-state index in [-0.39, 0.29) is 18.0 Å². The highest BCUT2D eigenvalue weighted by Gasteiger charge is 2.04. The van der Waals surface area contributed by atoms with Crippen molar-refractivity contribution in [1.82, 2.24) is 15.1 Å². The number of carbonyl (C=O) groups excluding carboxylic acids is 1. The molecule has 0 saturated heterocycles. The fourth-order valence-corrected chi connectivity index (χ4v) is 1.52. The van der Waals surface area contributed by atoms with Gasteiger partial charge in [0.1, 0.15) is 6.54 Å². The van der Waals surface area contributed by atoms with Crippen LogP contribution < -0.4 is 10.9 Å². The summed E-state index contributed by atoms with van der Waals surface area (Å²) in [5.41, 5.74) is -0.252. The van der Waals surface area contributed by atoms with Gasteiger partial charge in [-0.3, -0.25) is 9.59 Å². The molecule has 88 valence electrons. The van der Waals surface area contributed by atoms with E-state index in [1.807, 2.05) is 22.6 Å². The van der Waals surface area contributed by atoms with E-state index in [0.717, 1.165) is 21.1 Å². The molecular weight excluding hydrogens is 321 g/mol. The van der Waals surface area contributed by atoms with Crippen molar-refractivity contribution < 1.29 is 4.79 Å². The molecule has 0 aliphatic rings. The lowest BCUT2D eigenvalue weighted by molar-refractivity contribution is -0.121. The first-order valence-electron chi connectivity index (χ1n) is 5.13. The first-order valence-corrected chi connectivity index (χ1v) is 6.20. The van der Waals surface area contributed by atoms with Gasteiger partial charge in [-0.05, 0) is 29.0 Å². The third-order valence-electron chi connectivity index (χ3n) is 1.98. The van der Waals surface area contributed by atoms with Crippen molar-refractivity contribution >= 4 is 28.5 Å². The summed E-state index contributed by atoms with van der Waals surface area (Å²) < 4.78 is 1.92. The number of hydrogen-bond donors (Lipinski definition) is 1. The molecule has 0 bridgehead atoms. The first-order chi connectivity index (χ1) is 7.63. The van der Waals surface area contributed by atoms with Gasteiger partial charge >= 0.3 is 0 Å². The SMILES string of the molecule is CCCCNC(=O)Cn1ncc(I)cc1=O. The second kappa shape index (κ2) is 6.62. The van der Waals surface area contributed by atoms with E-state index in [0.29, 0.717) is 6.54 Å². The molecule has 0 spiro atoms. The fourth-order valence-electron chi connectivity index (χ4n) is 1.13. The Kier molecular flexibility index (Phi) is 5.44. The molecule has 6 heteroatoms. The van der Waals surface area contributed by atoms with Crippen LogP contribution in [-0.2, 0) is 11.3 Å². The van der Waals surface area contributed by atoms with E-state index >= 15 is 0 Å². The average Bonchev–Trinajstić information content (AvgIpc) is 2.23. The highest BCUT2D eigenvalue weighted by atomic mass is 127. The number of halogens is 1. The molecule has 0 aliphatic heterocycles. The molecule has 5 nitrogen and oxygen atoms in total. The van der Waals surface area contributed by atoms with Gasteiger partial charge in [0, 0.05) is 16.2 Å². The monoisotopic (exact) mass is 335 g/mol. The van der Waals surface area contributed by atoms with E-state index < -0.39 is 0 Å². The van der Waals surface area contributed by atoms with Crippen LogP contribution >= 0.6 is 22.6 Å². The van der Waals surface area contributed by atoms with E-state index in [1.165, 1.54) is 6.07 Å². The van der Waals surface area contributed by atoms with Crippen molar-refractivity contribution in [3.8, 4) is 0 Å². The summed E-state index contributed by atoms with van der Waals surface area (Å²) >= 11 is 2.01. The molecule has 1 rings (SSSR count). The predicted octanol–water partition coefficient (Wildman–Crippen LogP) is 0.764. The number of nitrogens with zero attached hydrogens (tertiary/aromatic N) is 2. The van der Waals surface area contributed by atoms with Crippen LogP contribution in [0.15, 0.2) is 17.1 Å². The Balaban J connectivity index is 2.53. The van der Waals surface area contributed by atoms with E-state index in [1.54, 1.807) is 6.20 Å². The van der Waals surface area contributed by atoms with E-state index in [4.69, 9.17) is 0 Å². The maximum atomic E-state index is 11.4. The Labute approximate surface area is 107 Å². The van der Waals surface area contributed by atoms with Gasteiger partial charge in [0.25, 0.3) is 5.56 Å².